The highest BCUT2D eigenvalue weighted by Gasteiger charge is 2.36. The van der Waals surface area contributed by atoms with Crippen molar-refractivity contribution >= 4 is 27.1 Å². The summed E-state index contributed by atoms with van der Waals surface area (Å²) in [6.45, 7) is 2.37. The van der Waals surface area contributed by atoms with E-state index in [1.807, 2.05) is 18.2 Å². The Hall–Kier alpha value is -1.89. The highest BCUT2D eigenvalue weighted by atomic mass is 32.2. The van der Waals surface area contributed by atoms with Crippen LogP contribution in [0.25, 0.3) is 0 Å². The summed E-state index contributed by atoms with van der Waals surface area (Å²) in [5.41, 5.74) is 3.47. The number of carbonyl (C=O) groups excluding carboxylic acids is 1. The summed E-state index contributed by atoms with van der Waals surface area (Å²) < 4.78 is 24.0. The van der Waals surface area contributed by atoms with E-state index in [-0.39, 0.29) is 12.5 Å². The van der Waals surface area contributed by atoms with E-state index < -0.39 is 15.1 Å². The Morgan fingerprint density at radius 1 is 1.43 bits per heavy atom. The fourth-order valence-electron chi connectivity index (χ4n) is 2.72. The molecule has 0 aromatic heterocycles. The number of fused-ring (bicyclic) bond motifs is 1. The van der Waals surface area contributed by atoms with Crippen LogP contribution >= 0.6 is 0 Å². The molecule has 1 atom stereocenters. The number of amides is 1. The molecule has 2 aliphatic heterocycles. The van der Waals surface area contributed by atoms with Gasteiger partial charge in [0.05, 0.1) is 12.3 Å². The predicted octanol–water partition coefficient (Wildman–Crippen LogP) is 0.634. The lowest BCUT2D eigenvalue weighted by Gasteiger charge is -2.12. The summed E-state index contributed by atoms with van der Waals surface area (Å²) in [6, 6.07) is 5.77. The maximum absolute atomic E-state index is 12.0. The fourth-order valence-corrected chi connectivity index (χ4v) is 3.72. The largest absolute Gasteiger partial charge is 0.384 e. The van der Waals surface area contributed by atoms with Crippen LogP contribution in [0.5, 0.6) is 0 Å². The Labute approximate surface area is 123 Å². The standard InChI is InChI=1S/C14H17N3O3S/c1-9(18)17-8-13(21(2,19)20)14(16-17)11-3-4-12-10(7-11)5-6-15-12/h3-4,7,13,15H,5-6,8H2,1-2H3. The average molecular weight is 307 g/mol. The van der Waals surface area contributed by atoms with Gasteiger partial charge in [0, 0.05) is 25.4 Å². The number of nitrogens with one attached hydrogen (secondary N) is 1. The van der Waals surface area contributed by atoms with Crippen molar-refractivity contribution in [1.29, 1.82) is 0 Å². The van der Waals surface area contributed by atoms with Gasteiger partial charge in [0.25, 0.3) is 0 Å². The number of nitrogens with zero attached hydrogens (tertiary/aromatic N) is 2. The van der Waals surface area contributed by atoms with Crippen LogP contribution in [0.2, 0.25) is 0 Å². The fraction of sp³-hybridized carbons (Fsp3) is 0.429. The first-order valence-corrected chi connectivity index (χ1v) is 8.74. The van der Waals surface area contributed by atoms with Crippen molar-refractivity contribution in [1.82, 2.24) is 5.01 Å². The summed E-state index contributed by atoms with van der Waals surface area (Å²) in [7, 11) is -3.32. The van der Waals surface area contributed by atoms with Gasteiger partial charge in [-0.1, -0.05) is 6.07 Å². The number of hydrazone groups is 1. The molecule has 1 N–H and O–H groups in total. The minimum Gasteiger partial charge on any atom is -0.384 e. The smallest absolute Gasteiger partial charge is 0.239 e. The molecule has 3 rings (SSSR count). The van der Waals surface area contributed by atoms with Gasteiger partial charge in [-0.3, -0.25) is 4.79 Å². The monoisotopic (exact) mass is 307 g/mol. The number of anilines is 1. The topological polar surface area (TPSA) is 78.8 Å². The SMILES string of the molecule is CC(=O)N1CC(S(C)(=O)=O)C(c2ccc3c(c2)CCN3)=N1. The first-order chi connectivity index (χ1) is 9.86. The summed E-state index contributed by atoms with van der Waals surface area (Å²) in [6.07, 6.45) is 2.10. The van der Waals surface area contributed by atoms with E-state index in [0.29, 0.717) is 5.71 Å². The quantitative estimate of drug-likeness (QED) is 0.869. The lowest BCUT2D eigenvalue weighted by Crippen LogP contribution is -2.33. The number of hydrogen-bond acceptors (Lipinski definition) is 5. The van der Waals surface area contributed by atoms with E-state index in [4.69, 9.17) is 0 Å². The zero-order chi connectivity index (χ0) is 15.2. The van der Waals surface area contributed by atoms with E-state index in [1.165, 1.54) is 18.2 Å². The highest BCUT2D eigenvalue weighted by Crippen LogP contribution is 2.26. The van der Waals surface area contributed by atoms with E-state index in [0.717, 1.165) is 29.8 Å². The van der Waals surface area contributed by atoms with Gasteiger partial charge in [-0.15, -0.1) is 0 Å². The van der Waals surface area contributed by atoms with Crippen LogP contribution in [0, 0.1) is 0 Å². The van der Waals surface area contributed by atoms with Crippen LogP contribution < -0.4 is 5.32 Å². The Morgan fingerprint density at radius 3 is 2.86 bits per heavy atom. The molecule has 0 aliphatic carbocycles. The maximum atomic E-state index is 12.0. The van der Waals surface area contributed by atoms with Gasteiger partial charge < -0.3 is 5.32 Å². The Morgan fingerprint density at radius 2 is 2.19 bits per heavy atom. The zero-order valence-corrected chi connectivity index (χ0v) is 12.8. The van der Waals surface area contributed by atoms with Crippen LogP contribution in [0.1, 0.15) is 18.1 Å². The Kier molecular flexibility index (Phi) is 3.24. The van der Waals surface area contributed by atoms with Crippen molar-refractivity contribution in [2.45, 2.75) is 18.6 Å². The molecule has 2 aliphatic rings. The van der Waals surface area contributed by atoms with E-state index >= 15 is 0 Å². The molecule has 112 valence electrons. The van der Waals surface area contributed by atoms with Gasteiger partial charge >= 0.3 is 0 Å². The number of benzene rings is 1. The number of rotatable bonds is 2. The minimum absolute atomic E-state index is 0.0961. The van der Waals surface area contributed by atoms with Crippen molar-refractivity contribution < 1.29 is 13.2 Å². The molecule has 0 saturated carbocycles. The van der Waals surface area contributed by atoms with Gasteiger partial charge in [0.15, 0.2) is 9.84 Å². The van der Waals surface area contributed by atoms with Gasteiger partial charge in [-0.05, 0) is 29.7 Å². The lowest BCUT2D eigenvalue weighted by atomic mass is 10.0. The first kappa shape index (κ1) is 14.1. The molecule has 0 fully saturated rings. The van der Waals surface area contributed by atoms with Gasteiger partial charge in [0.2, 0.25) is 5.91 Å². The molecule has 0 saturated heterocycles. The molecule has 2 heterocycles. The maximum Gasteiger partial charge on any atom is 0.239 e. The zero-order valence-electron chi connectivity index (χ0n) is 12.0. The van der Waals surface area contributed by atoms with E-state index in [2.05, 4.69) is 10.4 Å². The highest BCUT2D eigenvalue weighted by molar-refractivity contribution is 7.92. The van der Waals surface area contributed by atoms with Gasteiger partial charge in [0.1, 0.15) is 5.25 Å². The first-order valence-electron chi connectivity index (χ1n) is 6.79. The number of carbonyl (C=O) groups is 1. The second kappa shape index (κ2) is 4.84. The summed E-state index contributed by atoms with van der Waals surface area (Å²) in [4.78, 5) is 11.5. The Bertz CT molecular complexity index is 740. The molecule has 1 unspecified atom stereocenters. The summed E-state index contributed by atoms with van der Waals surface area (Å²) in [5, 5.41) is 7.97. The van der Waals surface area contributed by atoms with Crippen LogP contribution in [0.4, 0.5) is 5.69 Å². The molecule has 0 spiro atoms. The van der Waals surface area contributed by atoms with Crippen LogP contribution in [-0.2, 0) is 21.1 Å². The number of sulfone groups is 1. The van der Waals surface area contributed by atoms with Crippen molar-refractivity contribution in [3.63, 3.8) is 0 Å². The third kappa shape index (κ3) is 2.53. The average Bonchev–Trinajstić information content (AvgIpc) is 3.03. The summed E-state index contributed by atoms with van der Waals surface area (Å²) >= 11 is 0. The Balaban J connectivity index is 2.04. The molecular formula is C14H17N3O3S. The van der Waals surface area contributed by atoms with Crippen LogP contribution in [-0.4, -0.2) is 49.6 Å². The van der Waals surface area contributed by atoms with Crippen molar-refractivity contribution in [2.24, 2.45) is 5.10 Å². The molecule has 0 bridgehead atoms. The van der Waals surface area contributed by atoms with Crippen molar-refractivity contribution in [3.05, 3.63) is 29.3 Å². The molecule has 7 heteroatoms. The van der Waals surface area contributed by atoms with E-state index in [1.54, 1.807) is 0 Å². The second-order valence-electron chi connectivity index (χ2n) is 5.45. The van der Waals surface area contributed by atoms with Crippen molar-refractivity contribution in [3.8, 4) is 0 Å². The van der Waals surface area contributed by atoms with Crippen LogP contribution in [0.15, 0.2) is 23.3 Å². The molecule has 6 nitrogen and oxygen atoms in total. The van der Waals surface area contributed by atoms with Gasteiger partial charge in [-0.25, -0.2) is 13.4 Å². The molecule has 0 radical (unpaired) electrons. The molecular weight excluding hydrogens is 290 g/mol. The normalized spacial score (nSPS) is 21.0. The molecule has 21 heavy (non-hydrogen) atoms. The van der Waals surface area contributed by atoms with E-state index in [9.17, 15) is 13.2 Å². The lowest BCUT2D eigenvalue weighted by molar-refractivity contribution is -0.128. The molecule has 1 amide bonds. The third-order valence-corrected chi connectivity index (χ3v) is 5.27. The predicted molar refractivity (Wildman–Crippen MR) is 81.2 cm³/mol. The molecule has 1 aromatic carbocycles. The van der Waals surface area contributed by atoms with Crippen molar-refractivity contribution in [2.75, 3.05) is 24.7 Å². The second-order valence-corrected chi connectivity index (χ2v) is 7.68. The third-order valence-electron chi connectivity index (χ3n) is 3.86. The minimum atomic E-state index is -3.32. The van der Waals surface area contributed by atoms with Crippen LogP contribution in [0.3, 0.4) is 0 Å². The summed E-state index contributed by atoms with van der Waals surface area (Å²) in [5.74, 6) is -0.249. The van der Waals surface area contributed by atoms with Gasteiger partial charge in [-0.2, -0.15) is 5.10 Å². The number of hydrogen-bond donors (Lipinski definition) is 1. The molecule has 1 aromatic rings.